The Bertz CT molecular complexity index is 731. The Morgan fingerprint density at radius 3 is 2.52 bits per heavy atom. The van der Waals surface area contributed by atoms with Crippen molar-refractivity contribution in [3.05, 3.63) is 59.7 Å². The van der Waals surface area contributed by atoms with Crippen molar-refractivity contribution in [2.75, 3.05) is 19.0 Å². The number of amides is 1. The molecule has 1 unspecified atom stereocenters. The van der Waals surface area contributed by atoms with Gasteiger partial charge in [-0.25, -0.2) is 4.79 Å². The highest BCUT2D eigenvalue weighted by Gasteiger charge is 2.13. The molecule has 3 N–H and O–H groups in total. The van der Waals surface area contributed by atoms with Crippen molar-refractivity contribution in [1.82, 2.24) is 0 Å². The summed E-state index contributed by atoms with van der Waals surface area (Å²) < 4.78 is 9.83. The van der Waals surface area contributed by atoms with Crippen molar-refractivity contribution in [3.63, 3.8) is 0 Å². The van der Waals surface area contributed by atoms with Gasteiger partial charge in [-0.15, -0.1) is 0 Å². The largest absolute Gasteiger partial charge is 0.482 e. The fourth-order valence-corrected chi connectivity index (χ4v) is 2.29. The van der Waals surface area contributed by atoms with E-state index in [0.29, 0.717) is 11.4 Å². The molecule has 2 aromatic carbocycles. The highest BCUT2D eigenvalue weighted by atomic mass is 16.6. The van der Waals surface area contributed by atoms with Crippen LogP contribution in [0.4, 0.5) is 5.69 Å². The van der Waals surface area contributed by atoms with E-state index in [0.717, 1.165) is 11.1 Å². The number of carbonyl (C=O) groups is 2. The molecule has 6 heteroatoms. The van der Waals surface area contributed by atoms with Gasteiger partial charge in [-0.05, 0) is 36.2 Å². The molecule has 0 aromatic heterocycles. The number of benzene rings is 2. The summed E-state index contributed by atoms with van der Waals surface area (Å²) in [4.78, 5) is 23.3. The zero-order valence-electron chi connectivity index (χ0n) is 14.3. The smallest absolute Gasteiger partial charge is 0.343 e. The van der Waals surface area contributed by atoms with Gasteiger partial charge < -0.3 is 20.5 Å². The molecule has 132 valence electrons. The van der Waals surface area contributed by atoms with Gasteiger partial charge in [0.05, 0.1) is 7.11 Å². The number of nitrogens with two attached hydrogens (primary N) is 1. The third-order valence-electron chi connectivity index (χ3n) is 3.69. The Hall–Kier alpha value is -2.86. The molecule has 1 amide bonds. The molecular weight excluding hydrogens is 320 g/mol. The maximum Gasteiger partial charge on any atom is 0.343 e. The molecule has 0 fully saturated rings. The molecule has 0 saturated heterocycles. The van der Waals surface area contributed by atoms with Gasteiger partial charge >= 0.3 is 5.97 Å². The molecule has 0 bridgehead atoms. The predicted molar refractivity (Wildman–Crippen MR) is 95.3 cm³/mol. The van der Waals surface area contributed by atoms with Gasteiger partial charge in [-0.3, -0.25) is 4.79 Å². The third kappa shape index (κ3) is 5.61. The van der Waals surface area contributed by atoms with Crippen molar-refractivity contribution >= 4 is 17.6 Å². The van der Waals surface area contributed by atoms with Crippen LogP contribution in [-0.4, -0.2) is 25.6 Å². The van der Waals surface area contributed by atoms with Crippen LogP contribution in [0, 0.1) is 6.92 Å². The molecule has 2 aromatic rings. The number of aryl methyl sites for hydroxylation is 1. The van der Waals surface area contributed by atoms with Crippen LogP contribution in [0.5, 0.6) is 5.75 Å². The Kier molecular flexibility index (Phi) is 6.54. The predicted octanol–water partition coefficient (Wildman–Crippen LogP) is 2.58. The summed E-state index contributed by atoms with van der Waals surface area (Å²) >= 11 is 0. The number of ether oxygens (including phenoxy) is 2. The van der Waals surface area contributed by atoms with Crippen molar-refractivity contribution in [1.29, 1.82) is 0 Å². The molecule has 0 saturated carbocycles. The highest BCUT2D eigenvalue weighted by molar-refractivity contribution is 5.92. The van der Waals surface area contributed by atoms with Crippen LogP contribution >= 0.6 is 0 Å². The quantitative estimate of drug-likeness (QED) is 0.755. The average Bonchev–Trinajstić information content (AvgIpc) is 2.62. The maximum atomic E-state index is 12.2. The molecule has 0 spiro atoms. The van der Waals surface area contributed by atoms with Crippen molar-refractivity contribution in [3.8, 4) is 5.75 Å². The second-order valence-electron chi connectivity index (χ2n) is 5.61. The summed E-state index contributed by atoms with van der Waals surface area (Å²) in [6.07, 6.45) is 0.185. The van der Waals surface area contributed by atoms with E-state index in [9.17, 15) is 9.59 Å². The number of rotatable bonds is 7. The van der Waals surface area contributed by atoms with Gasteiger partial charge in [0.2, 0.25) is 5.91 Å². The molecule has 0 aliphatic rings. The number of nitrogens with one attached hydrogen (secondary N) is 1. The molecule has 6 nitrogen and oxygen atoms in total. The Morgan fingerprint density at radius 2 is 1.88 bits per heavy atom. The van der Waals surface area contributed by atoms with Crippen molar-refractivity contribution in [2.24, 2.45) is 5.73 Å². The summed E-state index contributed by atoms with van der Waals surface area (Å²) in [6.45, 7) is 1.69. The third-order valence-corrected chi connectivity index (χ3v) is 3.69. The Labute approximate surface area is 146 Å². The van der Waals surface area contributed by atoms with Gasteiger partial charge in [-0.1, -0.05) is 30.3 Å². The lowest BCUT2D eigenvalue weighted by molar-refractivity contribution is -0.142. The average molecular weight is 342 g/mol. The molecule has 25 heavy (non-hydrogen) atoms. The van der Waals surface area contributed by atoms with Crippen molar-refractivity contribution in [2.45, 2.75) is 19.4 Å². The molecule has 2 rings (SSSR count). The monoisotopic (exact) mass is 342 g/mol. The number of carbonyl (C=O) groups excluding carboxylic acids is 2. The Balaban J connectivity index is 1.93. The lowest BCUT2D eigenvalue weighted by Crippen LogP contribution is -2.21. The first-order valence-electron chi connectivity index (χ1n) is 7.90. The summed E-state index contributed by atoms with van der Waals surface area (Å²) in [5.41, 5.74) is 8.49. The van der Waals surface area contributed by atoms with Crippen LogP contribution in [0.15, 0.2) is 48.5 Å². The SMILES string of the molecule is COC(=O)COc1ccc(NC(=O)CC(N)c2ccccc2)c(C)c1. The lowest BCUT2D eigenvalue weighted by Gasteiger charge is -2.14. The summed E-state index contributed by atoms with van der Waals surface area (Å²) in [7, 11) is 1.30. The molecule has 0 heterocycles. The molecule has 0 aliphatic heterocycles. The minimum absolute atomic E-state index is 0.159. The summed E-state index contributed by atoms with van der Waals surface area (Å²) in [6, 6.07) is 14.3. The van der Waals surface area contributed by atoms with E-state index in [-0.39, 0.29) is 25.0 Å². The number of hydrogen-bond donors (Lipinski definition) is 2. The number of anilines is 1. The van der Waals surface area contributed by atoms with Crippen LogP contribution in [0.1, 0.15) is 23.6 Å². The minimum Gasteiger partial charge on any atom is -0.482 e. The van der Waals surface area contributed by atoms with Gasteiger partial charge in [0, 0.05) is 18.2 Å². The lowest BCUT2D eigenvalue weighted by atomic mass is 10.0. The normalized spacial score (nSPS) is 11.5. The van der Waals surface area contributed by atoms with Gasteiger partial charge in [0.1, 0.15) is 5.75 Å². The van der Waals surface area contributed by atoms with Crippen LogP contribution < -0.4 is 15.8 Å². The van der Waals surface area contributed by atoms with Crippen LogP contribution in [-0.2, 0) is 14.3 Å². The van der Waals surface area contributed by atoms with E-state index in [1.165, 1.54) is 7.11 Å². The van der Waals surface area contributed by atoms with E-state index in [1.54, 1.807) is 18.2 Å². The minimum atomic E-state index is -0.454. The molecule has 1 atom stereocenters. The topological polar surface area (TPSA) is 90.6 Å². The maximum absolute atomic E-state index is 12.2. The van der Waals surface area contributed by atoms with E-state index < -0.39 is 5.97 Å². The Morgan fingerprint density at radius 1 is 1.16 bits per heavy atom. The van der Waals surface area contributed by atoms with Gasteiger partial charge in [-0.2, -0.15) is 0 Å². The van der Waals surface area contributed by atoms with Gasteiger partial charge in [0.15, 0.2) is 6.61 Å². The fraction of sp³-hybridized carbons (Fsp3) is 0.263. The fourth-order valence-electron chi connectivity index (χ4n) is 2.29. The van der Waals surface area contributed by atoms with Gasteiger partial charge in [0.25, 0.3) is 0 Å². The summed E-state index contributed by atoms with van der Waals surface area (Å²) in [5, 5.41) is 2.85. The standard InChI is InChI=1S/C19H22N2O4/c1-13-10-15(25-12-19(23)24-2)8-9-17(13)21-18(22)11-16(20)14-6-4-3-5-7-14/h3-10,16H,11-12,20H2,1-2H3,(H,21,22). The first kappa shape index (κ1) is 18.5. The first-order chi connectivity index (χ1) is 12.0. The zero-order valence-corrected chi connectivity index (χ0v) is 14.3. The van der Waals surface area contributed by atoms with E-state index in [2.05, 4.69) is 10.1 Å². The first-order valence-corrected chi connectivity index (χ1v) is 7.90. The number of methoxy groups -OCH3 is 1. The number of esters is 1. The van der Waals surface area contributed by atoms with Crippen LogP contribution in [0.3, 0.4) is 0 Å². The molecule has 0 aliphatic carbocycles. The highest BCUT2D eigenvalue weighted by Crippen LogP contribution is 2.22. The van der Waals surface area contributed by atoms with E-state index in [1.807, 2.05) is 37.3 Å². The molecular formula is C19H22N2O4. The van der Waals surface area contributed by atoms with Crippen molar-refractivity contribution < 1.29 is 19.1 Å². The summed E-state index contributed by atoms with van der Waals surface area (Å²) in [5.74, 6) is -0.0884. The van der Waals surface area contributed by atoms with E-state index >= 15 is 0 Å². The second kappa shape index (κ2) is 8.84. The van der Waals surface area contributed by atoms with Crippen LogP contribution in [0.25, 0.3) is 0 Å². The van der Waals surface area contributed by atoms with Crippen LogP contribution in [0.2, 0.25) is 0 Å². The van der Waals surface area contributed by atoms with E-state index in [4.69, 9.17) is 10.5 Å². The zero-order chi connectivity index (χ0) is 18.2. The number of hydrogen-bond acceptors (Lipinski definition) is 5. The molecule has 0 radical (unpaired) electrons. The second-order valence-corrected chi connectivity index (χ2v) is 5.61.